The summed E-state index contributed by atoms with van der Waals surface area (Å²) in [4.78, 5) is 35.8. The molecule has 0 aromatic heterocycles. The molecule has 8 nitrogen and oxygen atoms in total. The van der Waals surface area contributed by atoms with Gasteiger partial charge in [0.25, 0.3) is 0 Å². The van der Waals surface area contributed by atoms with Crippen molar-refractivity contribution in [2.24, 2.45) is 5.92 Å². The van der Waals surface area contributed by atoms with E-state index in [0.29, 0.717) is 4.91 Å². The summed E-state index contributed by atoms with van der Waals surface area (Å²) in [6.45, 7) is 3.05. The summed E-state index contributed by atoms with van der Waals surface area (Å²) in [6, 6.07) is 0. The fourth-order valence-electron chi connectivity index (χ4n) is 2.09. The zero-order valence-corrected chi connectivity index (χ0v) is 11.8. The van der Waals surface area contributed by atoms with Crippen molar-refractivity contribution in [3.8, 4) is 0 Å². The van der Waals surface area contributed by atoms with E-state index < -0.39 is 29.3 Å². The van der Waals surface area contributed by atoms with Crippen LogP contribution in [0.2, 0.25) is 0 Å². The monoisotopic (exact) mass is 314 g/mol. The quantitative estimate of drug-likeness (QED) is 0.456. The summed E-state index contributed by atoms with van der Waals surface area (Å²) in [5.41, 5.74) is -0.149. The van der Waals surface area contributed by atoms with E-state index in [-0.39, 0.29) is 25.5 Å². The van der Waals surface area contributed by atoms with Crippen LogP contribution in [-0.4, -0.2) is 58.2 Å². The summed E-state index contributed by atoms with van der Waals surface area (Å²) in [5, 5.41) is 20.3. The van der Waals surface area contributed by atoms with Crippen molar-refractivity contribution in [2.45, 2.75) is 5.37 Å². The van der Waals surface area contributed by atoms with E-state index in [1.54, 1.807) is 0 Å². The molecule has 1 fully saturated rings. The molecule has 2 heterocycles. The number of fused-ring (bicyclic) bond motifs is 1. The van der Waals surface area contributed by atoms with Gasteiger partial charge in [-0.3, -0.25) is 9.69 Å². The lowest BCUT2D eigenvalue weighted by molar-refractivity contribution is -0.153. The fraction of sp³-hybridized carbons (Fsp3) is 0.417. The summed E-state index contributed by atoms with van der Waals surface area (Å²) in [6.07, 6.45) is 0.703. The number of carboxylic acids is 1. The molecule has 0 aliphatic carbocycles. The number of hydrogen-bond acceptors (Lipinski definition) is 6. The van der Waals surface area contributed by atoms with Crippen molar-refractivity contribution in [1.82, 2.24) is 10.2 Å². The Morgan fingerprint density at radius 1 is 1.52 bits per heavy atom. The molecule has 3 N–H and O–H groups in total. The Morgan fingerprint density at radius 2 is 2.24 bits per heavy atom. The molecule has 2 atom stereocenters. The van der Waals surface area contributed by atoms with Gasteiger partial charge in [0.2, 0.25) is 5.91 Å². The first-order valence-electron chi connectivity index (χ1n) is 6.09. The number of aliphatic hydroxyl groups excluding tert-OH is 1. The highest BCUT2D eigenvalue weighted by molar-refractivity contribution is 8.04. The molecule has 2 amide bonds. The van der Waals surface area contributed by atoms with Crippen LogP contribution in [0.1, 0.15) is 0 Å². The highest BCUT2D eigenvalue weighted by Gasteiger charge is 2.55. The van der Waals surface area contributed by atoms with E-state index in [9.17, 15) is 19.5 Å². The Morgan fingerprint density at radius 3 is 2.81 bits per heavy atom. The van der Waals surface area contributed by atoms with Gasteiger partial charge in [0.1, 0.15) is 17.7 Å². The van der Waals surface area contributed by atoms with Crippen molar-refractivity contribution < 1.29 is 29.3 Å². The number of aliphatic hydroxyl groups is 1. The molecule has 0 aromatic rings. The Hall–Kier alpha value is -2.00. The summed E-state index contributed by atoms with van der Waals surface area (Å²) >= 11 is 1.15. The number of amides is 2. The molecule has 0 unspecified atom stereocenters. The van der Waals surface area contributed by atoms with Gasteiger partial charge in [-0.15, -0.1) is 0 Å². The zero-order chi connectivity index (χ0) is 15.6. The Balaban J connectivity index is 2.04. The van der Waals surface area contributed by atoms with Crippen LogP contribution in [0.3, 0.4) is 0 Å². The summed E-state index contributed by atoms with van der Waals surface area (Å²) in [5.74, 6) is -2.27. The van der Waals surface area contributed by atoms with E-state index in [2.05, 4.69) is 11.9 Å². The minimum absolute atomic E-state index is 0.0453. The van der Waals surface area contributed by atoms with Crippen molar-refractivity contribution >= 4 is 29.7 Å². The lowest BCUT2D eigenvalue weighted by atomic mass is 9.98. The predicted molar refractivity (Wildman–Crippen MR) is 73.0 cm³/mol. The molecule has 0 saturated carbocycles. The van der Waals surface area contributed by atoms with Crippen molar-refractivity contribution in [1.29, 1.82) is 0 Å². The third-order valence-corrected chi connectivity index (χ3v) is 4.45. The van der Waals surface area contributed by atoms with Crippen molar-refractivity contribution in [3.63, 3.8) is 0 Å². The number of thioether (sulfide) groups is 1. The Bertz CT molecular complexity index is 532. The first-order chi connectivity index (χ1) is 10.0. The van der Waals surface area contributed by atoms with Crippen LogP contribution < -0.4 is 5.32 Å². The molecule has 2 rings (SSSR count). The average Bonchev–Trinajstić information content (AvgIpc) is 2.78. The van der Waals surface area contributed by atoms with Gasteiger partial charge >= 0.3 is 12.1 Å². The standard InChI is InChI=1S/C12H14N2O6S/c1-2-3-20-12(19)13-4-7-8(11(17)18)14-9(16)6(5-15)10(14)21-7/h2,6,10,15H,1,3-5H2,(H,13,19)(H,17,18)/t6-,10+/m0/s1. The van der Waals surface area contributed by atoms with Crippen LogP contribution in [0.15, 0.2) is 23.3 Å². The minimum Gasteiger partial charge on any atom is -0.477 e. The number of carboxylic acid groups (broad SMARTS) is 1. The SMILES string of the molecule is C=CCOC(=O)NCC1=C(C(=O)O)N2C(=O)[C@H](CO)[C@H]2S1. The van der Waals surface area contributed by atoms with E-state index in [1.807, 2.05) is 0 Å². The Labute approximate surface area is 124 Å². The third kappa shape index (κ3) is 2.74. The number of carbonyl (C=O) groups is 3. The molecule has 1 saturated heterocycles. The first kappa shape index (κ1) is 15.4. The van der Waals surface area contributed by atoms with Gasteiger partial charge in [0.15, 0.2) is 0 Å². The van der Waals surface area contributed by atoms with Gasteiger partial charge in [-0.1, -0.05) is 24.4 Å². The largest absolute Gasteiger partial charge is 0.477 e. The van der Waals surface area contributed by atoms with Crippen LogP contribution in [-0.2, 0) is 14.3 Å². The van der Waals surface area contributed by atoms with Gasteiger partial charge in [0, 0.05) is 4.91 Å². The second kappa shape index (κ2) is 6.19. The number of nitrogens with one attached hydrogen (secondary N) is 1. The first-order valence-corrected chi connectivity index (χ1v) is 6.97. The molecule has 9 heteroatoms. The van der Waals surface area contributed by atoms with Crippen LogP contribution >= 0.6 is 11.8 Å². The van der Waals surface area contributed by atoms with Gasteiger partial charge < -0.3 is 20.3 Å². The van der Waals surface area contributed by atoms with E-state index in [4.69, 9.17) is 9.84 Å². The number of alkyl carbamates (subject to hydrolysis) is 1. The van der Waals surface area contributed by atoms with Crippen LogP contribution in [0.5, 0.6) is 0 Å². The van der Waals surface area contributed by atoms with Crippen molar-refractivity contribution in [2.75, 3.05) is 19.8 Å². The average molecular weight is 314 g/mol. The maximum Gasteiger partial charge on any atom is 0.407 e. The maximum atomic E-state index is 11.7. The topological polar surface area (TPSA) is 116 Å². The van der Waals surface area contributed by atoms with Crippen LogP contribution in [0.4, 0.5) is 4.79 Å². The van der Waals surface area contributed by atoms with Crippen LogP contribution in [0.25, 0.3) is 0 Å². The minimum atomic E-state index is -1.24. The number of nitrogens with zero attached hydrogens (tertiary/aromatic N) is 1. The van der Waals surface area contributed by atoms with E-state index >= 15 is 0 Å². The molecular weight excluding hydrogens is 300 g/mol. The second-order valence-corrected chi connectivity index (χ2v) is 5.53. The molecule has 0 aromatic carbocycles. The molecule has 0 radical (unpaired) electrons. The summed E-state index contributed by atoms with van der Waals surface area (Å²) < 4.78 is 4.71. The molecule has 0 spiro atoms. The number of ether oxygens (including phenoxy) is 1. The number of hydrogen-bond donors (Lipinski definition) is 3. The van der Waals surface area contributed by atoms with Crippen molar-refractivity contribution in [3.05, 3.63) is 23.3 Å². The van der Waals surface area contributed by atoms with E-state index in [0.717, 1.165) is 16.7 Å². The molecule has 2 aliphatic rings. The molecule has 114 valence electrons. The van der Waals surface area contributed by atoms with Gasteiger partial charge in [-0.25, -0.2) is 9.59 Å². The molecule has 2 aliphatic heterocycles. The second-order valence-electron chi connectivity index (χ2n) is 4.32. The highest BCUT2D eigenvalue weighted by atomic mass is 32.2. The molecule has 0 bridgehead atoms. The maximum absolute atomic E-state index is 11.7. The third-order valence-electron chi connectivity index (χ3n) is 3.05. The lowest BCUT2D eigenvalue weighted by Crippen LogP contribution is -2.58. The number of β-lactam (4-membered cyclic amide) rings is 1. The normalized spacial score (nSPS) is 23.5. The van der Waals surface area contributed by atoms with E-state index in [1.165, 1.54) is 6.08 Å². The van der Waals surface area contributed by atoms with Gasteiger partial charge in [0.05, 0.1) is 19.1 Å². The number of rotatable bonds is 6. The number of aliphatic carboxylic acids is 1. The zero-order valence-electron chi connectivity index (χ0n) is 10.9. The smallest absolute Gasteiger partial charge is 0.407 e. The van der Waals surface area contributed by atoms with Gasteiger partial charge in [-0.05, 0) is 0 Å². The number of carbonyl (C=O) groups excluding carboxylic acids is 2. The highest BCUT2D eigenvalue weighted by Crippen LogP contribution is 2.48. The Kier molecular flexibility index (Phi) is 4.53. The molecular formula is C12H14N2O6S. The predicted octanol–water partition coefficient (Wildman–Crippen LogP) is -0.282. The lowest BCUT2D eigenvalue weighted by Gasteiger charge is -2.41. The summed E-state index contributed by atoms with van der Waals surface area (Å²) in [7, 11) is 0. The fourth-order valence-corrected chi connectivity index (χ4v) is 3.51. The van der Waals surface area contributed by atoms with Gasteiger partial charge in [-0.2, -0.15) is 0 Å². The van der Waals surface area contributed by atoms with Crippen LogP contribution in [0, 0.1) is 5.92 Å². The molecule has 21 heavy (non-hydrogen) atoms.